The first-order chi connectivity index (χ1) is 11.2. The Balaban J connectivity index is 1.86. The fraction of sp³-hybridized carbons (Fsp3) is 0.263. The predicted octanol–water partition coefficient (Wildman–Crippen LogP) is 4.37. The lowest BCUT2D eigenvalue weighted by atomic mass is 10.1. The minimum absolute atomic E-state index is 0.177. The molecule has 0 aliphatic rings. The molecule has 0 unspecified atom stereocenters. The van der Waals surface area contributed by atoms with Gasteiger partial charge in [-0.05, 0) is 37.6 Å². The van der Waals surface area contributed by atoms with E-state index in [0.29, 0.717) is 6.42 Å². The van der Waals surface area contributed by atoms with E-state index in [4.69, 9.17) is 4.98 Å². The van der Waals surface area contributed by atoms with E-state index in [2.05, 4.69) is 18.2 Å². The van der Waals surface area contributed by atoms with Crippen LogP contribution in [0.5, 0.6) is 0 Å². The first-order valence-electron chi connectivity index (χ1n) is 7.94. The van der Waals surface area contributed by atoms with Crippen LogP contribution >= 0.6 is 11.3 Å². The molecule has 0 saturated heterocycles. The lowest BCUT2D eigenvalue weighted by Crippen LogP contribution is -2.31. The summed E-state index contributed by atoms with van der Waals surface area (Å²) in [6, 6.07) is 16.3. The number of rotatable bonds is 5. The Morgan fingerprint density at radius 1 is 1.09 bits per heavy atom. The maximum atomic E-state index is 12.3. The molecule has 1 aromatic heterocycles. The van der Waals surface area contributed by atoms with Gasteiger partial charge < -0.3 is 4.90 Å². The van der Waals surface area contributed by atoms with Crippen LogP contribution in [0.2, 0.25) is 0 Å². The van der Waals surface area contributed by atoms with E-state index in [9.17, 15) is 4.79 Å². The summed E-state index contributed by atoms with van der Waals surface area (Å²) >= 11 is 1.69. The van der Waals surface area contributed by atoms with Crippen LogP contribution in [0.15, 0.2) is 48.5 Å². The van der Waals surface area contributed by atoms with Crippen LogP contribution in [0, 0.1) is 0 Å². The summed E-state index contributed by atoms with van der Waals surface area (Å²) in [5, 5.41) is 1.00. The molecule has 0 spiro atoms. The molecule has 2 aromatic carbocycles. The molecular weight excluding hydrogens is 304 g/mol. The van der Waals surface area contributed by atoms with Crippen molar-refractivity contribution in [1.29, 1.82) is 0 Å². The van der Waals surface area contributed by atoms with Gasteiger partial charge in [0.15, 0.2) is 0 Å². The first kappa shape index (κ1) is 15.7. The minimum atomic E-state index is 0.177. The number of fused-ring (bicyclic) bond motifs is 1. The number of hydrogen-bond acceptors (Lipinski definition) is 3. The van der Waals surface area contributed by atoms with Crippen LogP contribution in [0.25, 0.3) is 20.8 Å². The van der Waals surface area contributed by atoms with Gasteiger partial charge in [0.2, 0.25) is 5.91 Å². The van der Waals surface area contributed by atoms with Gasteiger partial charge in [-0.3, -0.25) is 4.79 Å². The molecule has 0 saturated carbocycles. The quantitative estimate of drug-likeness (QED) is 0.698. The second-order valence-corrected chi connectivity index (χ2v) is 6.46. The van der Waals surface area contributed by atoms with Crippen LogP contribution < -0.4 is 0 Å². The number of benzene rings is 2. The molecule has 1 amide bonds. The first-order valence-corrected chi connectivity index (χ1v) is 8.75. The summed E-state index contributed by atoms with van der Waals surface area (Å²) in [6.45, 7) is 5.54. The third-order valence-corrected chi connectivity index (χ3v) is 5.02. The summed E-state index contributed by atoms with van der Waals surface area (Å²) in [7, 11) is 0. The summed E-state index contributed by atoms with van der Waals surface area (Å²) in [5.74, 6) is 0.177. The highest BCUT2D eigenvalue weighted by Gasteiger charge is 2.12. The Bertz CT molecular complexity index is 788. The number of likely N-dealkylation sites (N-methyl/N-ethyl adjacent to an activating group) is 1. The van der Waals surface area contributed by atoms with Crippen molar-refractivity contribution < 1.29 is 4.79 Å². The van der Waals surface area contributed by atoms with Crippen molar-refractivity contribution in [3.63, 3.8) is 0 Å². The zero-order valence-electron chi connectivity index (χ0n) is 13.5. The Morgan fingerprint density at radius 3 is 2.61 bits per heavy atom. The fourth-order valence-electron chi connectivity index (χ4n) is 2.67. The van der Waals surface area contributed by atoms with E-state index in [1.54, 1.807) is 11.3 Å². The molecule has 0 fully saturated rings. The van der Waals surface area contributed by atoms with Gasteiger partial charge in [-0.25, -0.2) is 4.98 Å². The number of thiazole rings is 1. The normalized spacial score (nSPS) is 10.9. The molecular formula is C19H20N2OS. The smallest absolute Gasteiger partial charge is 0.226 e. The highest BCUT2D eigenvalue weighted by Crippen LogP contribution is 2.30. The SMILES string of the molecule is CCN(CC)C(=O)Cc1cccc(-c2nc3ccccc3s2)c1. The Morgan fingerprint density at radius 2 is 1.87 bits per heavy atom. The van der Waals surface area contributed by atoms with Gasteiger partial charge in [0.1, 0.15) is 5.01 Å². The van der Waals surface area contributed by atoms with E-state index >= 15 is 0 Å². The topological polar surface area (TPSA) is 33.2 Å². The van der Waals surface area contributed by atoms with Crippen LogP contribution in [0.4, 0.5) is 0 Å². The molecule has 0 N–H and O–H groups in total. The number of hydrogen-bond donors (Lipinski definition) is 0. The molecule has 4 heteroatoms. The van der Waals surface area contributed by atoms with E-state index in [0.717, 1.165) is 34.7 Å². The van der Waals surface area contributed by atoms with E-state index in [1.165, 1.54) is 4.70 Å². The number of nitrogens with zero attached hydrogens (tertiary/aromatic N) is 2. The summed E-state index contributed by atoms with van der Waals surface area (Å²) in [6.07, 6.45) is 0.445. The third kappa shape index (κ3) is 3.42. The summed E-state index contributed by atoms with van der Waals surface area (Å²) in [4.78, 5) is 18.8. The van der Waals surface area contributed by atoms with E-state index in [1.807, 2.05) is 49.1 Å². The average molecular weight is 324 g/mol. The lowest BCUT2D eigenvalue weighted by Gasteiger charge is -2.18. The van der Waals surface area contributed by atoms with Crippen LogP contribution in [-0.2, 0) is 11.2 Å². The Labute approximate surface area is 140 Å². The van der Waals surface area contributed by atoms with Crippen LogP contribution in [0.1, 0.15) is 19.4 Å². The molecule has 118 valence electrons. The van der Waals surface area contributed by atoms with Gasteiger partial charge in [-0.15, -0.1) is 11.3 Å². The Hall–Kier alpha value is -2.20. The molecule has 3 rings (SSSR count). The number of carbonyl (C=O) groups excluding carboxylic acids is 1. The van der Waals surface area contributed by atoms with Gasteiger partial charge in [0, 0.05) is 18.7 Å². The molecule has 0 atom stereocenters. The minimum Gasteiger partial charge on any atom is -0.343 e. The van der Waals surface area contributed by atoms with Crippen molar-refractivity contribution in [2.45, 2.75) is 20.3 Å². The molecule has 1 heterocycles. The fourth-order valence-corrected chi connectivity index (χ4v) is 3.63. The van der Waals surface area contributed by atoms with Gasteiger partial charge in [0.05, 0.1) is 16.6 Å². The van der Waals surface area contributed by atoms with Crippen LogP contribution in [-0.4, -0.2) is 28.9 Å². The number of aromatic nitrogens is 1. The zero-order valence-corrected chi connectivity index (χ0v) is 14.3. The Kier molecular flexibility index (Phi) is 4.72. The van der Waals surface area contributed by atoms with Crippen molar-refractivity contribution in [2.75, 3.05) is 13.1 Å². The molecule has 0 radical (unpaired) electrons. The largest absolute Gasteiger partial charge is 0.343 e. The second-order valence-electron chi connectivity index (χ2n) is 5.43. The molecule has 3 aromatic rings. The maximum absolute atomic E-state index is 12.3. The van der Waals surface area contributed by atoms with Gasteiger partial charge in [0.25, 0.3) is 0 Å². The number of amides is 1. The number of carbonyl (C=O) groups is 1. The molecule has 0 bridgehead atoms. The molecule has 23 heavy (non-hydrogen) atoms. The number of para-hydroxylation sites is 1. The maximum Gasteiger partial charge on any atom is 0.226 e. The molecule has 3 nitrogen and oxygen atoms in total. The zero-order chi connectivity index (χ0) is 16.2. The lowest BCUT2D eigenvalue weighted by molar-refractivity contribution is -0.130. The summed E-state index contributed by atoms with van der Waals surface area (Å²) in [5.41, 5.74) is 3.15. The highest BCUT2D eigenvalue weighted by molar-refractivity contribution is 7.21. The van der Waals surface area contributed by atoms with Gasteiger partial charge in [-0.1, -0.05) is 30.3 Å². The van der Waals surface area contributed by atoms with Gasteiger partial charge in [-0.2, -0.15) is 0 Å². The predicted molar refractivity (Wildman–Crippen MR) is 96.7 cm³/mol. The average Bonchev–Trinajstić information content (AvgIpc) is 3.00. The highest BCUT2D eigenvalue weighted by atomic mass is 32.1. The monoisotopic (exact) mass is 324 g/mol. The molecule has 0 aliphatic heterocycles. The van der Waals surface area contributed by atoms with Crippen molar-refractivity contribution in [3.8, 4) is 10.6 Å². The van der Waals surface area contributed by atoms with E-state index < -0.39 is 0 Å². The third-order valence-electron chi connectivity index (χ3n) is 3.94. The second kappa shape index (κ2) is 6.92. The van der Waals surface area contributed by atoms with Crippen molar-refractivity contribution in [2.24, 2.45) is 0 Å². The standard InChI is InChI=1S/C19H20N2OS/c1-3-21(4-2)18(22)13-14-8-7-9-15(12-14)19-20-16-10-5-6-11-17(16)23-19/h5-12H,3-4,13H2,1-2H3. The van der Waals surface area contributed by atoms with E-state index in [-0.39, 0.29) is 5.91 Å². The molecule has 0 aliphatic carbocycles. The van der Waals surface area contributed by atoms with Crippen molar-refractivity contribution in [3.05, 3.63) is 54.1 Å². The van der Waals surface area contributed by atoms with Gasteiger partial charge >= 0.3 is 0 Å². The van der Waals surface area contributed by atoms with Crippen molar-refractivity contribution >= 4 is 27.5 Å². The van der Waals surface area contributed by atoms with Crippen molar-refractivity contribution in [1.82, 2.24) is 9.88 Å². The summed E-state index contributed by atoms with van der Waals surface area (Å²) < 4.78 is 1.19. The van der Waals surface area contributed by atoms with Crippen LogP contribution in [0.3, 0.4) is 0 Å².